The van der Waals surface area contributed by atoms with Crippen LogP contribution in [0.25, 0.3) is 0 Å². The van der Waals surface area contributed by atoms with Gasteiger partial charge in [0.25, 0.3) is 0 Å². The lowest BCUT2D eigenvalue weighted by Crippen LogP contribution is -2.49. The molecule has 0 aromatic rings. The Morgan fingerprint density at radius 2 is 2.06 bits per heavy atom. The maximum atomic E-state index is 12.1. The summed E-state index contributed by atoms with van der Waals surface area (Å²) < 4.78 is 5.13. The minimum Gasteiger partial charge on any atom is -0.481 e. The Morgan fingerprint density at radius 3 is 2.61 bits per heavy atom. The third-order valence-corrected chi connectivity index (χ3v) is 3.75. The van der Waals surface area contributed by atoms with E-state index in [1.54, 1.807) is 4.90 Å². The van der Waals surface area contributed by atoms with Crippen LogP contribution in [0.3, 0.4) is 0 Å². The van der Waals surface area contributed by atoms with Crippen molar-refractivity contribution in [2.24, 2.45) is 11.8 Å². The fraction of sp³-hybridized carbons (Fsp3) is 0.833. The summed E-state index contributed by atoms with van der Waals surface area (Å²) in [5, 5.41) is 11.8. The molecular formula is C12H20N2O4. The van der Waals surface area contributed by atoms with Crippen molar-refractivity contribution < 1.29 is 19.4 Å². The number of urea groups is 1. The third kappa shape index (κ3) is 2.58. The quantitative estimate of drug-likeness (QED) is 0.755. The van der Waals surface area contributed by atoms with Gasteiger partial charge in [-0.2, -0.15) is 0 Å². The predicted octanol–water partition coefficient (Wildman–Crippen LogP) is 0.526. The number of likely N-dealkylation sites (tertiary alicyclic amines) is 1. The summed E-state index contributed by atoms with van der Waals surface area (Å²) in [7, 11) is 0. The lowest BCUT2D eigenvalue weighted by molar-refractivity contribution is -0.142. The van der Waals surface area contributed by atoms with Crippen LogP contribution in [0, 0.1) is 11.8 Å². The van der Waals surface area contributed by atoms with Crippen LogP contribution < -0.4 is 5.32 Å². The van der Waals surface area contributed by atoms with Gasteiger partial charge in [-0.1, -0.05) is 6.92 Å². The molecule has 0 aromatic carbocycles. The molecule has 0 saturated carbocycles. The second-order valence-corrected chi connectivity index (χ2v) is 5.38. The molecule has 6 heteroatoms. The van der Waals surface area contributed by atoms with Crippen molar-refractivity contribution >= 4 is 12.0 Å². The number of carbonyl (C=O) groups is 2. The maximum Gasteiger partial charge on any atom is 0.317 e. The molecule has 2 saturated heterocycles. The Balaban J connectivity index is 1.93. The number of hydrogen-bond donors (Lipinski definition) is 2. The van der Waals surface area contributed by atoms with E-state index in [1.807, 2.05) is 6.92 Å². The van der Waals surface area contributed by atoms with Crippen molar-refractivity contribution in [2.45, 2.75) is 32.4 Å². The monoisotopic (exact) mass is 256 g/mol. The summed E-state index contributed by atoms with van der Waals surface area (Å²) in [5.41, 5.74) is 0. The summed E-state index contributed by atoms with van der Waals surface area (Å²) >= 11 is 0. The maximum absolute atomic E-state index is 12.1. The van der Waals surface area contributed by atoms with E-state index in [0.717, 1.165) is 13.0 Å². The van der Waals surface area contributed by atoms with Gasteiger partial charge in [-0.25, -0.2) is 4.79 Å². The van der Waals surface area contributed by atoms with Gasteiger partial charge in [-0.3, -0.25) is 4.79 Å². The molecule has 0 aromatic heterocycles. The van der Waals surface area contributed by atoms with E-state index in [9.17, 15) is 9.59 Å². The molecule has 0 radical (unpaired) electrons. The van der Waals surface area contributed by atoms with E-state index in [2.05, 4.69) is 12.2 Å². The molecule has 2 rings (SSSR count). The molecule has 0 aliphatic carbocycles. The van der Waals surface area contributed by atoms with Gasteiger partial charge >= 0.3 is 12.0 Å². The second kappa shape index (κ2) is 5.14. The van der Waals surface area contributed by atoms with E-state index in [0.29, 0.717) is 5.92 Å². The number of ether oxygens (including phenoxy) is 1. The third-order valence-electron chi connectivity index (χ3n) is 3.75. The zero-order valence-corrected chi connectivity index (χ0v) is 10.8. The molecule has 6 nitrogen and oxygen atoms in total. The number of amides is 2. The molecular weight excluding hydrogens is 236 g/mol. The zero-order valence-electron chi connectivity index (χ0n) is 10.8. The van der Waals surface area contributed by atoms with Crippen LogP contribution in [-0.4, -0.2) is 53.8 Å². The Labute approximate surface area is 106 Å². The van der Waals surface area contributed by atoms with Gasteiger partial charge in [-0.05, 0) is 19.3 Å². The van der Waals surface area contributed by atoms with E-state index in [4.69, 9.17) is 9.84 Å². The Hall–Kier alpha value is -1.30. The first-order valence-corrected chi connectivity index (χ1v) is 6.36. The van der Waals surface area contributed by atoms with Crippen LogP contribution in [0.15, 0.2) is 0 Å². The number of carbonyl (C=O) groups excluding carboxylic acids is 1. The summed E-state index contributed by atoms with van der Waals surface area (Å²) in [4.78, 5) is 24.9. The average Bonchev–Trinajstić information content (AvgIpc) is 2.85. The van der Waals surface area contributed by atoms with Crippen molar-refractivity contribution in [3.63, 3.8) is 0 Å². The highest BCUT2D eigenvalue weighted by molar-refractivity contribution is 5.77. The first kappa shape index (κ1) is 13.1. The largest absolute Gasteiger partial charge is 0.481 e. The van der Waals surface area contributed by atoms with Gasteiger partial charge in [0.05, 0.1) is 19.3 Å². The van der Waals surface area contributed by atoms with Crippen molar-refractivity contribution in [1.82, 2.24) is 10.2 Å². The number of hydrogen-bond acceptors (Lipinski definition) is 3. The van der Waals surface area contributed by atoms with Gasteiger partial charge in [0.15, 0.2) is 0 Å². The van der Waals surface area contributed by atoms with Crippen molar-refractivity contribution in [2.75, 3.05) is 19.8 Å². The lowest BCUT2D eigenvalue weighted by Gasteiger charge is -2.25. The predicted molar refractivity (Wildman–Crippen MR) is 64.2 cm³/mol. The molecule has 18 heavy (non-hydrogen) atoms. The van der Waals surface area contributed by atoms with Gasteiger partial charge in [-0.15, -0.1) is 0 Å². The van der Waals surface area contributed by atoms with Crippen molar-refractivity contribution in [3.8, 4) is 0 Å². The summed E-state index contributed by atoms with van der Waals surface area (Å²) in [6, 6.07) is -0.377. The minimum absolute atomic E-state index is 0.173. The molecule has 2 N–H and O–H groups in total. The van der Waals surface area contributed by atoms with E-state index >= 15 is 0 Å². The van der Waals surface area contributed by atoms with E-state index in [-0.39, 0.29) is 25.3 Å². The van der Waals surface area contributed by atoms with Gasteiger partial charge in [0.2, 0.25) is 0 Å². The summed E-state index contributed by atoms with van der Waals surface area (Å²) in [5.74, 6) is -1.05. The van der Waals surface area contributed by atoms with Gasteiger partial charge in [0, 0.05) is 12.6 Å². The van der Waals surface area contributed by atoms with E-state index < -0.39 is 17.9 Å². The molecule has 4 atom stereocenters. The topological polar surface area (TPSA) is 78.9 Å². The smallest absolute Gasteiger partial charge is 0.317 e. The van der Waals surface area contributed by atoms with Crippen molar-refractivity contribution in [1.29, 1.82) is 0 Å². The molecule has 2 aliphatic rings. The minimum atomic E-state index is -0.916. The van der Waals surface area contributed by atoms with Gasteiger partial charge < -0.3 is 20.1 Å². The highest BCUT2D eigenvalue weighted by Gasteiger charge is 2.37. The van der Waals surface area contributed by atoms with Crippen LogP contribution in [0.4, 0.5) is 4.79 Å². The van der Waals surface area contributed by atoms with Crippen LogP contribution in [0.1, 0.15) is 20.3 Å². The number of nitrogens with one attached hydrogen (secondary N) is 1. The molecule has 4 unspecified atom stereocenters. The molecule has 2 amide bonds. The highest BCUT2D eigenvalue weighted by atomic mass is 16.5. The number of nitrogens with zero attached hydrogens (tertiary/aromatic N) is 1. The SMILES string of the molecule is CC1CC(C)N(C(=O)NC2COCC2C(=O)O)C1. The van der Waals surface area contributed by atoms with Crippen LogP contribution in [-0.2, 0) is 9.53 Å². The first-order chi connectivity index (χ1) is 8.49. The summed E-state index contributed by atoms with van der Waals surface area (Å²) in [6.45, 7) is 5.32. The molecule has 2 aliphatic heterocycles. The fourth-order valence-electron chi connectivity index (χ4n) is 2.76. The van der Waals surface area contributed by atoms with Crippen LogP contribution in [0.2, 0.25) is 0 Å². The van der Waals surface area contributed by atoms with E-state index in [1.165, 1.54) is 0 Å². The summed E-state index contributed by atoms with van der Waals surface area (Å²) in [6.07, 6.45) is 0.997. The average molecular weight is 256 g/mol. The molecule has 0 spiro atoms. The standard InChI is InChI=1S/C12H20N2O4/c1-7-3-8(2)14(4-7)12(17)13-10-6-18-5-9(10)11(15)16/h7-10H,3-6H2,1-2H3,(H,13,17)(H,15,16). The number of carboxylic acid groups (broad SMARTS) is 1. The van der Waals surface area contributed by atoms with Gasteiger partial charge in [0.1, 0.15) is 5.92 Å². The Bertz CT molecular complexity index is 347. The number of carboxylic acids is 1. The van der Waals surface area contributed by atoms with Crippen LogP contribution >= 0.6 is 0 Å². The molecule has 2 fully saturated rings. The highest BCUT2D eigenvalue weighted by Crippen LogP contribution is 2.23. The second-order valence-electron chi connectivity index (χ2n) is 5.38. The normalized spacial score (nSPS) is 35.8. The van der Waals surface area contributed by atoms with Crippen molar-refractivity contribution in [3.05, 3.63) is 0 Å². The zero-order chi connectivity index (χ0) is 13.3. The first-order valence-electron chi connectivity index (χ1n) is 6.36. The number of rotatable bonds is 2. The number of aliphatic carboxylic acids is 1. The molecule has 102 valence electrons. The Kier molecular flexibility index (Phi) is 3.75. The fourth-order valence-corrected chi connectivity index (χ4v) is 2.76. The Morgan fingerprint density at radius 1 is 1.33 bits per heavy atom. The lowest BCUT2D eigenvalue weighted by atomic mass is 10.0. The molecule has 0 bridgehead atoms. The van der Waals surface area contributed by atoms with Crippen LogP contribution in [0.5, 0.6) is 0 Å². The molecule has 2 heterocycles.